The smallest absolute Gasteiger partial charge is 0.254 e. The molecule has 2 aliphatic heterocycles. The molecule has 2 aromatic rings. The Kier molecular flexibility index (Phi) is 6.13. The van der Waals surface area contributed by atoms with Crippen LogP contribution in [-0.4, -0.2) is 62.2 Å². The van der Waals surface area contributed by atoms with Gasteiger partial charge in [-0.25, -0.2) is 0 Å². The fraction of sp³-hybridized carbons (Fsp3) is 0.458. The molecule has 0 spiro atoms. The van der Waals surface area contributed by atoms with Crippen LogP contribution >= 0.6 is 0 Å². The Morgan fingerprint density at radius 2 is 1.73 bits per heavy atom. The van der Waals surface area contributed by atoms with Crippen LogP contribution in [0.3, 0.4) is 0 Å². The number of ether oxygens (including phenoxy) is 3. The van der Waals surface area contributed by atoms with Crippen LogP contribution in [0.1, 0.15) is 41.3 Å². The normalized spacial score (nSPS) is 16.6. The Morgan fingerprint density at radius 1 is 1.03 bits per heavy atom. The summed E-state index contributed by atoms with van der Waals surface area (Å²) in [5.74, 6) is 2.25. The second kappa shape index (κ2) is 8.96. The number of hydrogen-bond acceptors (Lipinski definition) is 5. The van der Waals surface area contributed by atoms with Gasteiger partial charge in [0.05, 0.1) is 7.11 Å². The van der Waals surface area contributed by atoms with Crippen LogP contribution in [0.4, 0.5) is 0 Å². The van der Waals surface area contributed by atoms with Crippen molar-refractivity contribution in [1.82, 2.24) is 9.80 Å². The van der Waals surface area contributed by atoms with E-state index >= 15 is 0 Å². The van der Waals surface area contributed by atoms with E-state index in [1.807, 2.05) is 4.90 Å². The summed E-state index contributed by atoms with van der Waals surface area (Å²) in [6.45, 7) is 9.44. The van der Waals surface area contributed by atoms with Gasteiger partial charge in [0.15, 0.2) is 11.5 Å². The second-order valence-electron chi connectivity index (χ2n) is 8.17. The van der Waals surface area contributed by atoms with Crippen molar-refractivity contribution in [2.45, 2.75) is 26.3 Å². The second-order valence-corrected chi connectivity index (χ2v) is 8.17. The zero-order valence-electron chi connectivity index (χ0n) is 18.0. The topological polar surface area (TPSA) is 51.2 Å². The van der Waals surface area contributed by atoms with Gasteiger partial charge >= 0.3 is 0 Å². The van der Waals surface area contributed by atoms with Gasteiger partial charge in [0, 0.05) is 38.3 Å². The van der Waals surface area contributed by atoms with Crippen LogP contribution in [0, 0.1) is 0 Å². The lowest BCUT2D eigenvalue weighted by Crippen LogP contribution is -2.48. The number of amides is 1. The number of piperazine rings is 1. The van der Waals surface area contributed by atoms with Gasteiger partial charge in [0.25, 0.3) is 5.91 Å². The maximum absolute atomic E-state index is 13.1. The minimum atomic E-state index is 0.00575. The molecule has 6 heteroatoms. The van der Waals surface area contributed by atoms with Gasteiger partial charge in [-0.15, -0.1) is 0 Å². The van der Waals surface area contributed by atoms with Crippen molar-refractivity contribution in [3.8, 4) is 17.2 Å². The Hall–Kier alpha value is -2.73. The highest BCUT2D eigenvalue weighted by Gasteiger charge is 2.26. The molecule has 1 fully saturated rings. The number of rotatable bonds is 5. The van der Waals surface area contributed by atoms with E-state index < -0.39 is 0 Å². The summed E-state index contributed by atoms with van der Waals surface area (Å²) in [6, 6.07) is 12.4. The molecule has 2 heterocycles. The minimum absolute atomic E-state index is 0.00575. The molecule has 30 heavy (non-hydrogen) atoms. The predicted octanol–water partition coefficient (Wildman–Crippen LogP) is 3.55. The fourth-order valence-corrected chi connectivity index (χ4v) is 3.95. The number of fused-ring (bicyclic) bond motifs is 1. The van der Waals surface area contributed by atoms with E-state index in [-0.39, 0.29) is 5.91 Å². The summed E-state index contributed by atoms with van der Waals surface area (Å²) in [7, 11) is 1.58. The molecule has 0 bridgehead atoms. The van der Waals surface area contributed by atoms with E-state index in [0.29, 0.717) is 55.0 Å². The first-order chi connectivity index (χ1) is 14.5. The maximum atomic E-state index is 13.1. The van der Waals surface area contributed by atoms with E-state index in [1.54, 1.807) is 19.2 Å². The van der Waals surface area contributed by atoms with Crippen molar-refractivity contribution in [3.63, 3.8) is 0 Å². The van der Waals surface area contributed by atoms with E-state index in [9.17, 15) is 4.79 Å². The lowest BCUT2D eigenvalue weighted by Gasteiger charge is -2.35. The summed E-state index contributed by atoms with van der Waals surface area (Å²) in [5.41, 5.74) is 3.26. The summed E-state index contributed by atoms with van der Waals surface area (Å²) in [4.78, 5) is 17.4. The molecular weight excluding hydrogens is 380 g/mol. The zero-order valence-corrected chi connectivity index (χ0v) is 18.0. The molecule has 1 saturated heterocycles. The molecular formula is C24H30N2O4. The van der Waals surface area contributed by atoms with Gasteiger partial charge in [-0.05, 0) is 29.2 Å². The summed E-state index contributed by atoms with van der Waals surface area (Å²) in [6.07, 6.45) is 0. The number of carbonyl (C=O) groups excluding carboxylic acids is 1. The summed E-state index contributed by atoms with van der Waals surface area (Å²) >= 11 is 0. The Bertz CT molecular complexity index is 870. The van der Waals surface area contributed by atoms with Crippen LogP contribution in [0.15, 0.2) is 36.4 Å². The first-order valence-corrected chi connectivity index (χ1v) is 10.6. The van der Waals surface area contributed by atoms with Gasteiger partial charge in [-0.1, -0.05) is 38.1 Å². The molecule has 6 nitrogen and oxygen atoms in total. The van der Waals surface area contributed by atoms with Crippen LogP contribution in [0.5, 0.6) is 17.2 Å². The van der Waals surface area contributed by atoms with E-state index in [1.165, 1.54) is 11.1 Å². The van der Waals surface area contributed by atoms with Crippen LogP contribution in [-0.2, 0) is 6.54 Å². The predicted molar refractivity (Wildman–Crippen MR) is 116 cm³/mol. The lowest BCUT2D eigenvalue weighted by atomic mass is 10.0. The van der Waals surface area contributed by atoms with Gasteiger partial charge in [0.1, 0.15) is 13.2 Å². The van der Waals surface area contributed by atoms with E-state index in [2.05, 4.69) is 43.0 Å². The fourth-order valence-electron chi connectivity index (χ4n) is 3.95. The highest BCUT2D eigenvalue weighted by atomic mass is 16.6. The minimum Gasteiger partial charge on any atom is -0.493 e. The maximum Gasteiger partial charge on any atom is 0.254 e. The van der Waals surface area contributed by atoms with Crippen molar-refractivity contribution >= 4 is 5.91 Å². The third kappa shape index (κ3) is 4.38. The number of hydrogen-bond donors (Lipinski definition) is 0. The molecule has 0 unspecified atom stereocenters. The molecule has 0 aliphatic carbocycles. The molecule has 0 aromatic heterocycles. The van der Waals surface area contributed by atoms with Crippen LogP contribution < -0.4 is 14.2 Å². The highest BCUT2D eigenvalue weighted by molar-refractivity contribution is 5.95. The van der Waals surface area contributed by atoms with Crippen molar-refractivity contribution in [2.75, 3.05) is 46.5 Å². The molecule has 2 aliphatic rings. The Balaban J connectivity index is 1.37. The number of nitrogens with zero attached hydrogens (tertiary/aromatic N) is 2. The van der Waals surface area contributed by atoms with Crippen molar-refractivity contribution in [3.05, 3.63) is 53.1 Å². The number of benzene rings is 2. The number of methoxy groups -OCH3 is 1. The highest BCUT2D eigenvalue weighted by Crippen LogP contribution is 2.40. The Morgan fingerprint density at radius 3 is 2.40 bits per heavy atom. The molecule has 0 atom stereocenters. The first kappa shape index (κ1) is 20.5. The largest absolute Gasteiger partial charge is 0.493 e. The summed E-state index contributed by atoms with van der Waals surface area (Å²) < 4.78 is 16.7. The van der Waals surface area contributed by atoms with Gasteiger partial charge in [-0.3, -0.25) is 9.69 Å². The molecule has 1 amide bonds. The molecule has 0 N–H and O–H groups in total. The Labute approximate surface area is 178 Å². The number of carbonyl (C=O) groups is 1. The van der Waals surface area contributed by atoms with Crippen molar-refractivity contribution in [2.24, 2.45) is 0 Å². The van der Waals surface area contributed by atoms with Crippen LogP contribution in [0.25, 0.3) is 0 Å². The van der Waals surface area contributed by atoms with Crippen LogP contribution in [0.2, 0.25) is 0 Å². The van der Waals surface area contributed by atoms with E-state index in [0.717, 1.165) is 19.6 Å². The monoisotopic (exact) mass is 410 g/mol. The van der Waals surface area contributed by atoms with Gasteiger partial charge < -0.3 is 19.1 Å². The molecule has 0 saturated carbocycles. The average Bonchev–Trinajstić information content (AvgIpc) is 2.78. The van der Waals surface area contributed by atoms with Gasteiger partial charge in [0.2, 0.25) is 5.75 Å². The van der Waals surface area contributed by atoms with E-state index in [4.69, 9.17) is 14.2 Å². The molecule has 4 rings (SSSR count). The lowest BCUT2D eigenvalue weighted by molar-refractivity contribution is 0.0627. The average molecular weight is 411 g/mol. The van der Waals surface area contributed by atoms with Crippen molar-refractivity contribution < 1.29 is 19.0 Å². The SMILES string of the molecule is COc1cc(C(=O)N2CCN(Cc3ccc(C(C)C)cc3)CC2)cc2c1OCCO2. The third-order valence-electron chi connectivity index (χ3n) is 5.79. The molecule has 2 aromatic carbocycles. The molecule has 160 valence electrons. The molecule has 0 radical (unpaired) electrons. The standard InChI is InChI=1S/C24H30N2O4/c1-17(2)19-6-4-18(5-7-19)16-25-8-10-26(11-9-25)24(27)20-14-21(28-3)23-22(15-20)29-12-13-30-23/h4-7,14-15,17H,8-13,16H2,1-3H3. The summed E-state index contributed by atoms with van der Waals surface area (Å²) in [5, 5.41) is 0. The first-order valence-electron chi connectivity index (χ1n) is 10.6. The third-order valence-corrected chi connectivity index (χ3v) is 5.79. The van der Waals surface area contributed by atoms with Gasteiger partial charge in [-0.2, -0.15) is 0 Å². The van der Waals surface area contributed by atoms with Crippen molar-refractivity contribution in [1.29, 1.82) is 0 Å². The quantitative estimate of drug-likeness (QED) is 0.755. The zero-order chi connectivity index (χ0) is 21.1.